The molecule has 2 aliphatic heterocycles. The first kappa shape index (κ1) is 56.9. The topological polar surface area (TPSA) is 148 Å². The number of rotatable bonds is 21. The lowest BCUT2D eigenvalue weighted by molar-refractivity contribution is -0.274. The summed E-state index contributed by atoms with van der Waals surface area (Å²) in [5.74, 6) is 0.268. The zero-order chi connectivity index (χ0) is 57.2. The van der Waals surface area contributed by atoms with E-state index in [2.05, 4.69) is 21.9 Å². The number of ether oxygens (including phenoxy) is 5. The predicted octanol–water partition coefficient (Wildman–Crippen LogP) is 14.1. The number of aliphatic hydroxyl groups excluding tert-OH is 1. The van der Waals surface area contributed by atoms with Crippen molar-refractivity contribution in [2.24, 2.45) is 0 Å². The highest BCUT2D eigenvalue weighted by Crippen LogP contribution is 2.45. The van der Waals surface area contributed by atoms with E-state index in [1.54, 1.807) is 60.7 Å². The van der Waals surface area contributed by atoms with E-state index in [1.165, 1.54) is 67.3 Å². The van der Waals surface area contributed by atoms with Gasteiger partial charge in [-0.05, 0) is 79.3 Å². The van der Waals surface area contributed by atoms with Crippen molar-refractivity contribution in [3.8, 4) is 28.7 Å². The molecule has 13 nitrogen and oxygen atoms in total. The second-order valence-corrected chi connectivity index (χ2v) is 19.8. The maximum absolute atomic E-state index is 14.1. The number of fused-ring (bicyclic) bond motifs is 2. The second kappa shape index (κ2) is 25.9. The number of nitrogens with zero attached hydrogens (tertiary/aromatic N) is 2. The van der Waals surface area contributed by atoms with E-state index in [4.69, 9.17) is 42.1 Å². The molecule has 0 fully saturated rings. The highest BCUT2D eigenvalue weighted by Gasteiger charge is 2.39. The van der Waals surface area contributed by atoms with Gasteiger partial charge in [0.25, 0.3) is 11.8 Å². The zero-order valence-electron chi connectivity index (χ0n) is 43.3. The van der Waals surface area contributed by atoms with Crippen LogP contribution < -0.4 is 44.1 Å². The molecule has 0 saturated heterocycles. The van der Waals surface area contributed by atoms with Gasteiger partial charge in [-0.2, -0.15) is 13.2 Å². The Morgan fingerprint density at radius 2 is 1.23 bits per heavy atom. The Labute approximate surface area is 461 Å². The Balaban J connectivity index is 0.000000229. The molecule has 6 aromatic rings. The number of hydrogen-bond donors (Lipinski definition) is 3. The van der Waals surface area contributed by atoms with E-state index in [9.17, 15) is 47.2 Å². The molecule has 2 atom stereocenters. The monoisotopic (exact) mass is 1140 g/mol. The lowest BCUT2D eigenvalue weighted by Gasteiger charge is -2.26. The number of allylic oxidation sites excluding steroid dienone is 1. The molecule has 2 unspecified atom stereocenters. The minimum absolute atomic E-state index is 0.0441. The van der Waals surface area contributed by atoms with E-state index in [0.29, 0.717) is 117 Å². The van der Waals surface area contributed by atoms with Crippen LogP contribution in [0.4, 0.5) is 49.1 Å². The van der Waals surface area contributed by atoms with Crippen molar-refractivity contribution in [2.45, 2.75) is 70.0 Å². The standard InChI is InChI=1S/C29H28ClF3N2O5.C27H26ClF3N2O4S/c1-18(36)4-3-13-39-25-15-22(14-24(16-25)38-2)34-27(20-5-8-21(30)9-6-20)28(37)35-12-11-19-7-10-23(17-26(19)35)40-29(31,32)33;1-16(34)4-3-11-37-21-13-19(12-20(14-21)36-2)32-25(17-5-7-18(28)8-6-17)26(35)33-10-9-23-22(33)15-24(38-23)27(29,30)31/h5-10,14-17,27,34H,3-4,11-13H2,1-2H3;5-8,12-15,25,32,34H,1,3-4,9-11H2,2H3/i27D;. The molecule has 0 saturated carbocycles. The number of benzene rings is 5. The van der Waals surface area contributed by atoms with Crippen LogP contribution in [0.2, 0.25) is 10.0 Å². The van der Waals surface area contributed by atoms with Crippen LogP contribution in [-0.2, 0) is 33.4 Å². The van der Waals surface area contributed by atoms with Gasteiger partial charge >= 0.3 is 12.5 Å². The minimum atomic E-state index is -4.90. The molecule has 414 valence electrons. The largest absolute Gasteiger partial charge is 0.573 e. The molecule has 3 heterocycles. The number of aliphatic hydroxyl groups is 1. The Hall–Kier alpha value is -7.29. The molecule has 0 spiro atoms. The molecule has 2 amide bonds. The molecule has 5 aromatic carbocycles. The van der Waals surface area contributed by atoms with Crippen molar-refractivity contribution >= 4 is 74.9 Å². The Morgan fingerprint density at radius 1 is 0.692 bits per heavy atom. The lowest BCUT2D eigenvalue weighted by atomic mass is 10.0. The highest BCUT2D eigenvalue weighted by atomic mass is 35.5. The average Bonchev–Trinajstić information content (AvgIpc) is 4.23. The van der Waals surface area contributed by atoms with Crippen LogP contribution in [0.3, 0.4) is 0 Å². The number of carbonyl (C=O) groups is 3. The van der Waals surface area contributed by atoms with Crippen LogP contribution in [0.15, 0.2) is 122 Å². The smallest absolute Gasteiger partial charge is 0.513 e. The number of carbonyl (C=O) groups excluding carboxylic acids is 3. The highest BCUT2D eigenvalue weighted by molar-refractivity contribution is 7.12. The van der Waals surface area contributed by atoms with Crippen LogP contribution in [0.1, 0.15) is 72.5 Å². The van der Waals surface area contributed by atoms with Crippen LogP contribution >= 0.6 is 34.5 Å². The summed E-state index contributed by atoms with van der Waals surface area (Å²) >= 11 is 12.8. The number of thiophene rings is 1. The summed E-state index contributed by atoms with van der Waals surface area (Å²) in [6.07, 6.45) is -6.80. The van der Waals surface area contributed by atoms with E-state index >= 15 is 0 Å². The summed E-state index contributed by atoms with van der Waals surface area (Å²) in [5.41, 5.74) is 2.82. The van der Waals surface area contributed by atoms with Crippen molar-refractivity contribution < 1.29 is 70.9 Å². The number of Topliss-reactive ketones (excluding diaryl/α,β-unsaturated/α-hetero) is 1. The Kier molecular flexibility index (Phi) is 18.9. The van der Waals surface area contributed by atoms with Gasteiger partial charge < -0.3 is 54.0 Å². The molecular formula is C56H54Cl2F6N4O9S. The quantitative estimate of drug-likeness (QED) is 0.0359. The third-order valence-electron chi connectivity index (χ3n) is 12.0. The van der Waals surface area contributed by atoms with Gasteiger partial charge in [-0.3, -0.25) is 9.59 Å². The Bertz CT molecular complexity index is 3150. The number of ketones is 1. The van der Waals surface area contributed by atoms with Crippen LogP contribution in [0.25, 0.3) is 0 Å². The third-order valence-corrected chi connectivity index (χ3v) is 13.8. The molecule has 0 bridgehead atoms. The summed E-state index contributed by atoms with van der Waals surface area (Å²) < 4.78 is 114. The average molecular weight is 1150 g/mol. The lowest BCUT2D eigenvalue weighted by Crippen LogP contribution is -2.37. The van der Waals surface area contributed by atoms with Crippen molar-refractivity contribution in [3.05, 3.63) is 158 Å². The van der Waals surface area contributed by atoms with Gasteiger partial charge in [0.15, 0.2) is 0 Å². The summed E-state index contributed by atoms with van der Waals surface area (Å²) in [6.45, 7) is 5.98. The van der Waals surface area contributed by atoms with Gasteiger partial charge in [0.1, 0.15) is 51.5 Å². The third kappa shape index (κ3) is 15.9. The van der Waals surface area contributed by atoms with E-state index in [-0.39, 0.29) is 48.2 Å². The first-order valence-electron chi connectivity index (χ1n) is 24.7. The number of halogens is 8. The van der Waals surface area contributed by atoms with E-state index in [1.807, 2.05) is 0 Å². The van der Waals surface area contributed by atoms with Gasteiger partial charge in [-0.1, -0.05) is 60.1 Å². The van der Waals surface area contributed by atoms with Gasteiger partial charge in [0, 0.05) is 101 Å². The van der Waals surface area contributed by atoms with Crippen LogP contribution in [0, 0.1) is 0 Å². The minimum Gasteiger partial charge on any atom is -0.513 e. The first-order chi connectivity index (χ1) is 37.4. The number of anilines is 4. The van der Waals surface area contributed by atoms with E-state index < -0.39 is 47.0 Å². The molecule has 2 aliphatic rings. The fourth-order valence-electron chi connectivity index (χ4n) is 8.39. The molecule has 8 rings (SSSR count). The zero-order valence-corrected chi connectivity index (χ0v) is 44.6. The van der Waals surface area contributed by atoms with Crippen molar-refractivity contribution in [2.75, 3.05) is 61.0 Å². The molecule has 22 heteroatoms. The van der Waals surface area contributed by atoms with Crippen LogP contribution in [0.5, 0.6) is 28.7 Å². The maximum atomic E-state index is 14.1. The van der Waals surface area contributed by atoms with Gasteiger partial charge in [0.05, 0.1) is 45.9 Å². The van der Waals surface area contributed by atoms with Gasteiger partial charge in [-0.25, -0.2) is 0 Å². The molecule has 3 N–H and O–H groups in total. The van der Waals surface area contributed by atoms with Crippen molar-refractivity contribution in [3.63, 3.8) is 0 Å². The fraction of sp³-hybridized carbons (Fsp3) is 0.304. The molecule has 0 radical (unpaired) electrons. The summed E-state index contributed by atoms with van der Waals surface area (Å²) in [5, 5.41) is 16.3. The normalized spacial score (nSPS) is 14.1. The molecule has 78 heavy (non-hydrogen) atoms. The summed E-state index contributed by atoms with van der Waals surface area (Å²) in [4.78, 5) is 41.7. The predicted molar refractivity (Wildman–Crippen MR) is 288 cm³/mol. The number of amides is 2. The first-order valence-corrected chi connectivity index (χ1v) is 25.8. The van der Waals surface area contributed by atoms with Crippen LogP contribution in [-0.4, -0.2) is 69.6 Å². The number of nitrogens with one attached hydrogen (secondary N) is 2. The number of methoxy groups -OCH3 is 2. The number of alkyl halides is 6. The van der Waals surface area contributed by atoms with Gasteiger partial charge in [0.2, 0.25) is 0 Å². The van der Waals surface area contributed by atoms with Crippen molar-refractivity contribution in [1.82, 2.24) is 0 Å². The molecule has 1 aromatic heterocycles. The van der Waals surface area contributed by atoms with Crippen molar-refractivity contribution in [1.29, 1.82) is 0 Å². The molecule has 0 aliphatic carbocycles. The fourth-order valence-corrected chi connectivity index (χ4v) is 9.66. The summed E-state index contributed by atoms with van der Waals surface area (Å²) in [7, 11) is 2.96. The summed E-state index contributed by atoms with van der Waals surface area (Å²) in [6, 6.07) is 24.5. The van der Waals surface area contributed by atoms with Gasteiger partial charge in [-0.15, -0.1) is 24.5 Å². The van der Waals surface area contributed by atoms with E-state index in [0.717, 1.165) is 12.1 Å². The molecular weight excluding hydrogens is 1090 g/mol. The maximum Gasteiger partial charge on any atom is 0.573 e. The SMILES string of the molecule is C=C(O)CCCOc1cc(NC(C(=O)N2CCc3sc(C(F)(F)F)cc32)c2ccc(Cl)cc2)cc(OC)c1.[2H]C(Nc1cc(OC)cc(OCCCC(C)=O)c1)(C(=O)N1CCc2ccc(OC(F)(F)F)cc21)c1ccc(Cl)cc1. The Morgan fingerprint density at radius 3 is 1.78 bits per heavy atom. The second-order valence-electron chi connectivity index (χ2n) is 17.8. The number of hydrogen-bond acceptors (Lipinski definition) is 12.